The van der Waals surface area contributed by atoms with Gasteiger partial charge in [-0.15, -0.1) is 11.3 Å². The molecule has 1 aromatic carbocycles. The zero-order valence-electron chi connectivity index (χ0n) is 15.2. The van der Waals surface area contributed by atoms with E-state index in [-0.39, 0.29) is 13.0 Å². The maximum absolute atomic E-state index is 12.2. The van der Waals surface area contributed by atoms with Gasteiger partial charge in [0.1, 0.15) is 12.3 Å². The van der Waals surface area contributed by atoms with Crippen molar-refractivity contribution in [3.63, 3.8) is 0 Å². The fraction of sp³-hybridized carbons (Fsp3) is 0.263. The smallest absolute Gasteiger partial charge is 0.310 e. The van der Waals surface area contributed by atoms with E-state index in [1.54, 1.807) is 29.5 Å². The Balaban J connectivity index is 1.62. The Hall–Kier alpha value is -3.00. The van der Waals surface area contributed by atoms with Gasteiger partial charge in [-0.25, -0.2) is 0 Å². The molecule has 0 unspecified atom stereocenters. The van der Waals surface area contributed by atoms with Crippen molar-refractivity contribution < 1.29 is 28.3 Å². The van der Waals surface area contributed by atoms with Gasteiger partial charge < -0.3 is 23.5 Å². The number of hydrogen-bond acceptors (Lipinski definition) is 8. The fourth-order valence-electron chi connectivity index (χ4n) is 2.52. The molecule has 0 spiro atoms. The molecule has 0 aliphatic rings. The molecule has 142 valence electrons. The Morgan fingerprint density at radius 1 is 1.11 bits per heavy atom. The Labute approximate surface area is 160 Å². The minimum Gasteiger partial charge on any atom is -0.493 e. The van der Waals surface area contributed by atoms with Crippen molar-refractivity contribution in [3.8, 4) is 27.9 Å². The van der Waals surface area contributed by atoms with E-state index in [9.17, 15) is 4.79 Å². The van der Waals surface area contributed by atoms with Gasteiger partial charge in [0.25, 0.3) is 0 Å². The first kappa shape index (κ1) is 18.8. The molecule has 0 atom stereocenters. The highest BCUT2D eigenvalue weighted by molar-refractivity contribution is 7.13. The van der Waals surface area contributed by atoms with Gasteiger partial charge in [-0.1, -0.05) is 11.2 Å². The number of benzene rings is 1. The Morgan fingerprint density at radius 3 is 2.44 bits per heavy atom. The maximum atomic E-state index is 12.2. The van der Waals surface area contributed by atoms with E-state index in [0.29, 0.717) is 34.3 Å². The number of carbonyl (C=O) groups is 1. The molecule has 3 rings (SSSR count). The molecule has 27 heavy (non-hydrogen) atoms. The minimum atomic E-state index is -0.398. The standard InChI is InChI=1S/C19H19NO6S/c1-22-15-7-12(8-16(23-2)19(15)24-3)9-18(21)25-11-13-10-14(26-20-13)17-5-4-6-27-17/h4-8,10H,9,11H2,1-3H3. The van der Waals surface area contributed by atoms with Gasteiger partial charge in [-0.2, -0.15) is 0 Å². The molecule has 0 saturated carbocycles. The summed E-state index contributed by atoms with van der Waals surface area (Å²) in [5, 5.41) is 5.88. The van der Waals surface area contributed by atoms with Crippen LogP contribution in [0.5, 0.6) is 17.2 Å². The van der Waals surface area contributed by atoms with Crippen LogP contribution in [0.2, 0.25) is 0 Å². The summed E-state index contributed by atoms with van der Waals surface area (Å²) < 4.78 is 26.4. The van der Waals surface area contributed by atoms with Crippen LogP contribution in [0.15, 0.2) is 40.2 Å². The molecular formula is C19H19NO6S. The Morgan fingerprint density at radius 2 is 1.85 bits per heavy atom. The average molecular weight is 389 g/mol. The van der Waals surface area contributed by atoms with Gasteiger partial charge in [-0.05, 0) is 29.1 Å². The SMILES string of the molecule is COc1cc(CC(=O)OCc2cc(-c3cccs3)on2)cc(OC)c1OC. The number of carbonyl (C=O) groups excluding carboxylic acids is 1. The molecular weight excluding hydrogens is 370 g/mol. The van der Waals surface area contributed by atoms with Gasteiger partial charge in [0.2, 0.25) is 5.75 Å². The lowest BCUT2D eigenvalue weighted by molar-refractivity contribution is -0.144. The van der Waals surface area contributed by atoms with E-state index < -0.39 is 5.97 Å². The van der Waals surface area contributed by atoms with Crippen molar-refractivity contribution in [1.29, 1.82) is 0 Å². The first-order valence-electron chi connectivity index (χ1n) is 8.08. The van der Waals surface area contributed by atoms with Crippen LogP contribution in [0, 0.1) is 0 Å². The third kappa shape index (κ3) is 4.40. The van der Waals surface area contributed by atoms with Crippen molar-refractivity contribution in [2.45, 2.75) is 13.0 Å². The third-order valence-electron chi connectivity index (χ3n) is 3.78. The maximum Gasteiger partial charge on any atom is 0.310 e. The molecule has 2 heterocycles. The van der Waals surface area contributed by atoms with Gasteiger partial charge in [-0.3, -0.25) is 4.79 Å². The highest BCUT2D eigenvalue weighted by Gasteiger charge is 2.16. The summed E-state index contributed by atoms with van der Waals surface area (Å²) in [5.41, 5.74) is 1.24. The summed E-state index contributed by atoms with van der Waals surface area (Å²) >= 11 is 1.55. The van der Waals surface area contributed by atoms with Crippen molar-refractivity contribution in [1.82, 2.24) is 5.16 Å². The van der Waals surface area contributed by atoms with Crippen LogP contribution in [-0.4, -0.2) is 32.5 Å². The second-order valence-electron chi connectivity index (χ2n) is 5.53. The second kappa shape index (κ2) is 8.59. The van der Waals surface area contributed by atoms with E-state index >= 15 is 0 Å². The van der Waals surface area contributed by atoms with Crippen LogP contribution in [0.4, 0.5) is 0 Å². The van der Waals surface area contributed by atoms with Gasteiger partial charge in [0.15, 0.2) is 17.3 Å². The zero-order valence-corrected chi connectivity index (χ0v) is 16.0. The van der Waals surface area contributed by atoms with Gasteiger partial charge >= 0.3 is 5.97 Å². The number of nitrogens with zero attached hydrogens (tertiary/aromatic N) is 1. The highest BCUT2D eigenvalue weighted by atomic mass is 32.1. The van der Waals surface area contributed by atoms with Crippen molar-refractivity contribution >= 4 is 17.3 Å². The largest absolute Gasteiger partial charge is 0.493 e. The number of hydrogen-bond donors (Lipinski definition) is 0. The molecule has 0 saturated heterocycles. The zero-order chi connectivity index (χ0) is 19.2. The highest BCUT2D eigenvalue weighted by Crippen LogP contribution is 2.38. The fourth-order valence-corrected chi connectivity index (χ4v) is 3.20. The summed E-state index contributed by atoms with van der Waals surface area (Å²) in [5.74, 6) is 1.69. The van der Waals surface area contributed by atoms with E-state index in [1.165, 1.54) is 21.3 Å². The van der Waals surface area contributed by atoms with Crippen LogP contribution in [0.1, 0.15) is 11.3 Å². The second-order valence-corrected chi connectivity index (χ2v) is 6.48. The van der Waals surface area contributed by atoms with Crippen LogP contribution < -0.4 is 14.2 Å². The van der Waals surface area contributed by atoms with Gasteiger partial charge in [0.05, 0.1) is 32.6 Å². The van der Waals surface area contributed by atoms with Crippen molar-refractivity contribution in [2.24, 2.45) is 0 Å². The monoisotopic (exact) mass is 389 g/mol. The summed E-state index contributed by atoms with van der Waals surface area (Å²) in [6.45, 7) is 0.0398. The number of esters is 1. The molecule has 0 aliphatic carbocycles. The Bertz CT molecular complexity index is 878. The predicted molar refractivity (Wildman–Crippen MR) is 99.4 cm³/mol. The molecule has 0 radical (unpaired) electrons. The summed E-state index contributed by atoms with van der Waals surface area (Å²) in [6, 6.07) is 9.06. The van der Waals surface area contributed by atoms with E-state index in [0.717, 1.165) is 4.88 Å². The topological polar surface area (TPSA) is 80.0 Å². The third-order valence-corrected chi connectivity index (χ3v) is 4.66. The quantitative estimate of drug-likeness (QED) is 0.543. The number of ether oxygens (including phenoxy) is 4. The Kier molecular flexibility index (Phi) is 5.97. The summed E-state index contributed by atoms with van der Waals surface area (Å²) in [7, 11) is 4.57. The molecule has 0 bridgehead atoms. The van der Waals surface area contributed by atoms with Gasteiger partial charge in [0, 0.05) is 6.07 Å². The normalized spacial score (nSPS) is 10.5. The van der Waals surface area contributed by atoms with E-state index in [4.69, 9.17) is 23.5 Å². The van der Waals surface area contributed by atoms with Crippen LogP contribution in [-0.2, 0) is 22.6 Å². The first-order valence-corrected chi connectivity index (χ1v) is 8.96. The lowest BCUT2D eigenvalue weighted by Crippen LogP contribution is -2.09. The molecule has 2 aromatic heterocycles. The minimum absolute atomic E-state index is 0.0398. The molecule has 0 amide bonds. The van der Waals surface area contributed by atoms with Crippen LogP contribution >= 0.6 is 11.3 Å². The average Bonchev–Trinajstić information content (AvgIpc) is 3.37. The first-order chi connectivity index (χ1) is 13.1. The van der Waals surface area contributed by atoms with Crippen molar-refractivity contribution in [2.75, 3.05) is 21.3 Å². The van der Waals surface area contributed by atoms with E-state index in [1.807, 2.05) is 17.5 Å². The molecule has 8 heteroatoms. The predicted octanol–water partition coefficient (Wildman–Crippen LogP) is 3.71. The van der Waals surface area contributed by atoms with E-state index in [2.05, 4.69) is 5.16 Å². The van der Waals surface area contributed by atoms with Crippen molar-refractivity contribution in [3.05, 3.63) is 47.0 Å². The van der Waals surface area contributed by atoms with Crippen LogP contribution in [0.25, 0.3) is 10.6 Å². The lowest BCUT2D eigenvalue weighted by atomic mass is 10.1. The van der Waals surface area contributed by atoms with Crippen LogP contribution in [0.3, 0.4) is 0 Å². The number of aromatic nitrogens is 1. The molecule has 0 fully saturated rings. The summed E-state index contributed by atoms with van der Waals surface area (Å²) in [4.78, 5) is 13.2. The number of methoxy groups -OCH3 is 3. The number of rotatable bonds is 8. The molecule has 7 nitrogen and oxygen atoms in total. The lowest BCUT2D eigenvalue weighted by Gasteiger charge is -2.13. The number of thiophene rings is 1. The molecule has 0 aliphatic heterocycles. The molecule has 3 aromatic rings. The molecule has 0 N–H and O–H groups in total. The summed E-state index contributed by atoms with van der Waals surface area (Å²) in [6.07, 6.45) is 0.0619.